The molecule has 178 valence electrons. The largest absolute Gasteiger partial charge is 0.496 e. The van der Waals surface area contributed by atoms with Gasteiger partial charge in [0.1, 0.15) is 23.4 Å². The van der Waals surface area contributed by atoms with Crippen LogP contribution < -0.4 is 19.5 Å². The highest BCUT2D eigenvalue weighted by atomic mass is 127. The highest BCUT2D eigenvalue weighted by Crippen LogP contribution is 2.27. The molecule has 3 rings (SSSR count). The minimum Gasteiger partial charge on any atom is -0.496 e. The first-order valence-electron chi connectivity index (χ1n) is 10.6. The van der Waals surface area contributed by atoms with Crippen LogP contribution in [-0.2, 0) is 11.8 Å². The second-order valence-corrected chi connectivity index (χ2v) is 7.24. The molecule has 0 saturated carbocycles. The van der Waals surface area contributed by atoms with Gasteiger partial charge in [-0.05, 0) is 6.92 Å². The van der Waals surface area contributed by atoms with E-state index < -0.39 is 0 Å². The molecule has 1 unspecified atom stereocenters. The number of aryl methyl sites for hydroxylation is 1. The fourth-order valence-electron chi connectivity index (χ4n) is 3.38. The molecule has 1 aromatic heterocycles. The molecular formula is C22H34IN5O4. The number of nitrogens with zero attached hydrogens (tertiary/aromatic N) is 4. The molecule has 0 radical (unpaired) electrons. The lowest BCUT2D eigenvalue weighted by Gasteiger charge is -2.34. The summed E-state index contributed by atoms with van der Waals surface area (Å²) in [5.74, 6) is 3.04. The van der Waals surface area contributed by atoms with E-state index in [4.69, 9.17) is 23.9 Å². The van der Waals surface area contributed by atoms with Crippen molar-refractivity contribution in [3.05, 3.63) is 36.2 Å². The third kappa shape index (κ3) is 7.44. The van der Waals surface area contributed by atoms with Gasteiger partial charge in [0.05, 0.1) is 40.2 Å². The molecule has 1 atom stereocenters. The lowest BCUT2D eigenvalue weighted by atomic mass is 10.1. The van der Waals surface area contributed by atoms with Crippen molar-refractivity contribution in [2.75, 3.05) is 53.6 Å². The fourth-order valence-corrected chi connectivity index (χ4v) is 3.38. The van der Waals surface area contributed by atoms with Crippen molar-refractivity contribution < 1.29 is 18.9 Å². The monoisotopic (exact) mass is 559 g/mol. The summed E-state index contributed by atoms with van der Waals surface area (Å²) in [4.78, 5) is 7.04. The van der Waals surface area contributed by atoms with Crippen LogP contribution in [0.4, 0.5) is 0 Å². The van der Waals surface area contributed by atoms with Crippen molar-refractivity contribution in [3.8, 4) is 17.2 Å². The van der Waals surface area contributed by atoms with E-state index >= 15 is 0 Å². The Morgan fingerprint density at radius 3 is 2.56 bits per heavy atom. The summed E-state index contributed by atoms with van der Waals surface area (Å²) in [5, 5.41) is 7.65. The van der Waals surface area contributed by atoms with Crippen LogP contribution in [0.3, 0.4) is 0 Å². The molecule has 2 aromatic rings. The summed E-state index contributed by atoms with van der Waals surface area (Å²) in [6.07, 6.45) is 4.66. The summed E-state index contributed by atoms with van der Waals surface area (Å²) in [6.45, 7) is 6.33. The van der Waals surface area contributed by atoms with Gasteiger partial charge in [-0.3, -0.25) is 9.67 Å². The second kappa shape index (κ2) is 13.4. The summed E-state index contributed by atoms with van der Waals surface area (Å²) in [7, 11) is 5.17. The van der Waals surface area contributed by atoms with Gasteiger partial charge < -0.3 is 29.2 Å². The van der Waals surface area contributed by atoms with Crippen molar-refractivity contribution in [2.24, 2.45) is 12.0 Å². The predicted octanol–water partition coefficient (Wildman–Crippen LogP) is 2.86. The Morgan fingerprint density at radius 1 is 1.22 bits per heavy atom. The maximum Gasteiger partial charge on any atom is 0.194 e. The zero-order valence-corrected chi connectivity index (χ0v) is 21.6. The number of benzene rings is 1. The predicted molar refractivity (Wildman–Crippen MR) is 135 cm³/mol. The third-order valence-electron chi connectivity index (χ3n) is 4.96. The normalized spacial score (nSPS) is 16.3. The van der Waals surface area contributed by atoms with Crippen LogP contribution in [-0.4, -0.2) is 74.3 Å². The quantitative estimate of drug-likeness (QED) is 0.219. The number of aliphatic imine (C=N–C) groups is 1. The zero-order valence-electron chi connectivity index (χ0n) is 19.2. The third-order valence-corrected chi connectivity index (χ3v) is 4.96. The Bertz CT molecular complexity index is 838. The van der Waals surface area contributed by atoms with Gasteiger partial charge in [-0.1, -0.05) is 0 Å². The fraction of sp³-hybridized carbons (Fsp3) is 0.545. The van der Waals surface area contributed by atoms with E-state index in [-0.39, 0.29) is 30.1 Å². The Kier molecular flexibility index (Phi) is 10.9. The second-order valence-electron chi connectivity index (χ2n) is 7.24. The molecule has 0 bridgehead atoms. The number of rotatable bonds is 9. The summed E-state index contributed by atoms with van der Waals surface area (Å²) in [5.41, 5.74) is 1.09. The molecule has 32 heavy (non-hydrogen) atoms. The molecule has 0 aliphatic carbocycles. The number of nitrogens with one attached hydrogen (secondary N) is 1. The topological polar surface area (TPSA) is 82.4 Å². The first-order valence-corrected chi connectivity index (χ1v) is 10.6. The molecule has 1 N–H and O–H groups in total. The van der Waals surface area contributed by atoms with E-state index in [1.807, 2.05) is 37.6 Å². The molecule has 9 nitrogen and oxygen atoms in total. The number of hydrogen-bond donors (Lipinski definition) is 1. The Hall–Kier alpha value is -2.21. The zero-order chi connectivity index (χ0) is 22.1. The number of aromatic nitrogens is 2. The van der Waals surface area contributed by atoms with Crippen LogP contribution >= 0.6 is 24.0 Å². The van der Waals surface area contributed by atoms with Crippen molar-refractivity contribution in [3.63, 3.8) is 0 Å². The summed E-state index contributed by atoms with van der Waals surface area (Å²) < 4.78 is 24.2. The minimum atomic E-state index is -0.00215. The molecule has 1 saturated heterocycles. The summed E-state index contributed by atoms with van der Waals surface area (Å²) >= 11 is 0. The lowest BCUT2D eigenvalue weighted by Crippen LogP contribution is -2.48. The van der Waals surface area contributed by atoms with E-state index in [0.29, 0.717) is 31.3 Å². The SMILES string of the molecule is CCNC(=NCCCOc1cc(OC)cc(OC)c1)N1CCOC(c2cnn(C)c2)C1.I. The van der Waals surface area contributed by atoms with Gasteiger partial charge in [-0.15, -0.1) is 24.0 Å². The van der Waals surface area contributed by atoms with E-state index in [1.54, 1.807) is 18.9 Å². The van der Waals surface area contributed by atoms with Crippen LogP contribution in [0.2, 0.25) is 0 Å². The van der Waals surface area contributed by atoms with Gasteiger partial charge in [-0.2, -0.15) is 5.10 Å². The van der Waals surface area contributed by atoms with Crippen molar-refractivity contribution in [1.29, 1.82) is 0 Å². The first kappa shape index (κ1) is 26.0. The van der Waals surface area contributed by atoms with Gasteiger partial charge in [0.15, 0.2) is 5.96 Å². The van der Waals surface area contributed by atoms with E-state index in [9.17, 15) is 0 Å². The van der Waals surface area contributed by atoms with Gasteiger partial charge in [-0.25, -0.2) is 0 Å². The van der Waals surface area contributed by atoms with Crippen molar-refractivity contribution in [2.45, 2.75) is 19.4 Å². The molecule has 2 heterocycles. The first-order chi connectivity index (χ1) is 15.1. The molecule has 1 aliphatic heterocycles. The molecule has 0 spiro atoms. The van der Waals surface area contributed by atoms with Crippen molar-refractivity contribution in [1.82, 2.24) is 20.0 Å². The number of morpholine rings is 1. The molecule has 1 aliphatic rings. The molecule has 10 heteroatoms. The van der Waals surface area contributed by atoms with Gasteiger partial charge in [0, 0.05) is 63.1 Å². The Morgan fingerprint density at radius 2 is 1.94 bits per heavy atom. The van der Waals surface area contributed by atoms with E-state index in [1.165, 1.54) is 0 Å². The van der Waals surface area contributed by atoms with Gasteiger partial charge >= 0.3 is 0 Å². The number of ether oxygens (including phenoxy) is 4. The average Bonchev–Trinajstić information content (AvgIpc) is 3.24. The lowest BCUT2D eigenvalue weighted by molar-refractivity contribution is -0.00804. The average molecular weight is 559 g/mol. The van der Waals surface area contributed by atoms with Crippen LogP contribution in [0.25, 0.3) is 0 Å². The van der Waals surface area contributed by atoms with E-state index in [2.05, 4.69) is 22.2 Å². The summed E-state index contributed by atoms with van der Waals surface area (Å²) in [6, 6.07) is 5.52. The smallest absolute Gasteiger partial charge is 0.194 e. The van der Waals surface area contributed by atoms with Gasteiger partial charge in [0.2, 0.25) is 0 Å². The van der Waals surface area contributed by atoms with Gasteiger partial charge in [0.25, 0.3) is 0 Å². The highest BCUT2D eigenvalue weighted by molar-refractivity contribution is 14.0. The van der Waals surface area contributed by atoms with Crippen LogP contribution in [0.15, 0.2) is 35.6 Å². The number of methoxy groups -OCH3 is 2. The van der Waals surface area contributed by atoms with Crippen LogP contribution in [0.5, 0.6) is 17.2 Å². The van der Waals surface area contributed by atoms with Crippen LogP contribution in [0.1, 0.15) is 25.0 Å². The maximum absolute atomic E-state index is 5.95. The number of halogens is 1. The maximum atomic E-state index is 5.95. The molecule has 1 aromatic carbocycles. The Balaban J connectivity index is 0.00000363. The van der Waals surface area contributed by atoms with Crippen LogP contribution in [0, 0.1) is 0 Å². The molecule has 1 fully saturated rings. The highest BCUT2D eigenvalue weighted by Gasteiger charge is 2.25. The molecular weight excluding hydrogens is 525 g/mol. The van der Waals surface area contributed by atoms with Crippen molar-refractivity contribution >= 4 is 29.9 Å². The standard InChI is InChI=1S/C22H33N5O4.HI/c1-5-23-22(27-8-10-31-21(16-27)17-14-25-26(2)15-17)24-7-6-9-30-20-12-18(28-3)11-19(13-20)29-4;/h11-15,21H,5-10,16H2,1-4H3,(H,23,24);1H. The molecule has 0 amide bonds. The number of guanidine groups is 1. The Labute approximate surface area is 207 Å². The van der Waals surface area contributed by atoms with E-state index in [0.717, 1.165) is 43.3 Å². The minimum absolute atomic E-state index is 0. The number of hydrogen-bond acceptors (Lipinski definition) is 6.